The van der Waals surface area contributed by atoms with Gasteiger partial charge in [-0.25, -0.2) is 0 Å². The molecule has 2 aliphatic heterocycles. The minimum atomic E-state index is -0.0651. The van der Waals surface area contributed by atoms with Gasteiger partial charge in [0.25, 0.3) is 5.91 Å². The van der Waals surface area contributed by atoms with Crippen LogP contribution in [0.3, 0.4) is 0 Å². The van der Waals surface area contributed by atoms with E-state index in [1.54, 1.807) is 4.90 Å². The van der Waals surface area contributed by atoms with Crippen molar-refractivity contribution in [3.63, 3.8) is 0 Å². The molecule has 27 heavy (non-hydrogen) atoms. The van der Waals surface area contributed by atoms with Gasteiger partial charge in [0.05, 0.1) is 0 Å². The van der Waals surface area contributed by atoms with Crippen LogP contribution in [0.15, 0.2) is 54.6 Å². The highest BCUT2D eigenvalue weighted by Crippen LogP contribution is 2.28. The average Bonchev–Trinajstić information content (AvgIpc) is 3.27. The monoisotopic (exact) mass is 385 g/mol. The highest BCUT2D eigenvalue weighted by molar-refractivity contribution is 5.99. The molecule has 0 bridgehead atoms. The molecule has 0 saturated carbocycles. The number of nitrogens with zero attached hydrogens (tertiary/aromatic N) is 2. The third-order valence-corrected chi connectivity index (χ3v) is 5.36. The number of amides is 2. The lowest BCUT2D eigenvalue weighted by molar-refractivity contribution is -0.117. The average molecular weight is 386 g/mol. The molecule has 2 saturated heterocycles. The lowest BCUT2D eigenvalue weighted by Crippen LogP contribution is -2.32. The van der Waals surface area contributed by atoms with Crippen molar-refractivity contribution < 1.29 is 9.59 Å². The Labute approximate surface area is 165 Å². The Hall–Kier alpha value is -2.37. The van der Waals surface area contributed by atoms with Crippen molar-refractivity contribution in [1.82, 2.24) is 4.90 Å². The molecule has 2 fully saturated rings. The van der Waals surface area contributed by atoms with E-state index in [-0.39, 0.29) is 36.2 Å². The highest BCUT2D eigenvalue weighted by Gasteiger charge is 2.34. The maximum Gasteiger partial charge on any atom is 0.254 e. The summed E-state index contributed by atoms with van der Waals surface area (Å²) >= 11 is 0. The van der Waals surface area contributed by atoms with Gasteiger partial charge in [-0.15, -0.1) is 12.4 Å². The molecular weight excluding hydrogens is 362 g/mol. The highest BCUT2D eigenvalue weighted by atomic mass is 35.5. The van der Waals surface area contributed by atoms with Crippen LogP contribution in [0.5, 0.6) is 0 Å². The first-order valence-corrected chi connectivity index (χ1v) is 9.14. The summed E-state index contributed by atoms with van der Waals surface area (Å²) in [5.74, 6) is 0.262. The van der Waals surface area contributed by atoms with E-state index in [4.69, 9.17) is 5.73 Å². The van der Waals surface area contributed by atoms with E-state index in [0.717, 1.165) is 18.7 Å². The van der Waals surface area contributed by atoms with Crippen LogP contribution < -0.4 is 10.6 Å². The van der Waals surface area contributed by atoms with Gasteiger partial charge in [-0.05, 0) is 30.2 Å². The van der Waals surface area contributed by atoms with Crippen LogP contribution in [0.25, 0.3) is 0 Å². The van der Waals surface area contributed by atoms with E-state index in [2.05, 4.69) is 12.1 Å². The smallest absolute Gasteiger partial charge is 0.254 e. The second kappa shape index (κ2) is 8.11. The van der Waals surface area contributed by atoms with Gasteiger partial charge in [0, 0.05) is 49.3 Å². The summed E-state index contributed by atoms with van der Waals surface area (Å²) in [6.45, 7) is 1.89. The molecule has 2 heterocycles. The summed E-state index contributed by atoms with van der Waals surface area (Å²) in [4.78, 5) is 28.5. The first-order chi connectivity index (χ1) is 12.6. The van der Waals surface area contributed by atoms with E-state index in [0.29, 0.717) is 25.1 Å². The normalized spacial score (nSPS) is 22.0. The fourth-order valence-corrected chi connectivity index (χ4v) is 3.96. The first kappa shape index (κ1) is 19.4. The van der Waals surface area contributed by atoms with E-state index in [1.807, 2.05) is 47.4 Å². The van der Waals surface area contributed by atoms with Crippen LogP contribution >= 0.6 is 12.4 Å². The standard InChI is InChI=1S/C21H23N3O2.ClH/c22-19-14-23(13-18(19)15-6-2-1-3-7-15)21(26)16-8-4-9-17(12-16)24-11-5-10-20(24)25;/h1-4,6-9,12,18-19H,5,10-11,13-14,22H2;1H/t18-,19+;/m0./s1. The molecule has 5 nitrogen and oxygen atoms in total. The number of hydrogen-bond donors (Lipinski definition) is 1. The summed E-state index contributed by atoms with van der Waals surface area (Å²) < 4.78 is 0. The predicted octanol–water partition coefficient (Wildman–Crippen LogP) is 2.80. The molecule has 2 atom stereocenters. The number of rotatable bonds is 3. The molecule has 2 aromatic carbocycles. The number of benzene rings is 2. The van der Waals surface area contributed by atoms with Gasteiger partial charge >= 0.3 is 0 Å². The number of halogens is 1. The topological polar surface area (TPSA) is 66.6 Å². The van der Waals surface area contributed by atoms with Gasteiger partial charge in [-0.1, -0.05) is 36.4 Å². The van der Waals surface area contributed by atoms with Crippen LogP contribution in [-0.2, 0) is 4.79 Å². The van der Waals surface area contributed by atoms with Crippen LogP contribution in [0.2, 0.25) is 0 Å². The summed E-state index contributed by atoms with van der Waals surface area (Å²) in [6, 6.07) is 17.4. The predicted molar refractivity (Wildman–Crippen MR) is 108 cm³/mol. The van der Waals surface area contributed by atoms with Crippen molar-refractivity contribution in [2.45, 2.75) is 24.8 Å². The summed E-state index contributed by atoms with van der Waals surface area (Å²) in [7, 11) is 0. The van der Waals surface area contributed by atoms with E-state index in [1.165, 1.54) is 5.56 Å². The molecule has 0 unspecified atom stereocenters. The maximum atomic E-state index is 13.0. The van der Waals surface area contributed by atoms with Crippen molar-refractivity contribution in [3.05, 3.63) is 65.7 Å². The Bertz CT molecular complexity index is 827. The molecule has 0 aromatic heterocycles. The molecule has 2 N–H and O–H groups in total. The molecule has 142 valence electrons. The van der Waals surface area contributed by atoms with Crippen molar-refractivity contribution in [1.29, 1.82) is 0 Å². The Morgan fingerprint density at radius 2 is 1.81 bits per heavy atom. The fraction of sp³-hybridized carbons (Fsp3) is 0.333. The molecule has 0 aliphatic carbocycles. The van der Waals surface area contributed by atoms with Crippen LogP contribution in [0, 0.1) is 0 Å². The van der Waals surface area contributed by atoms with Crippen molar-refractivity contribution in [2.75, 3.05) is 24.5 Å². The molecule has 2 aliphatic rings. The van der Waals surface area contributed by atoms with Gasteiger partial charge in [0.2, 0.25) is 5.91 Å². The molecular formula is C21H24ClN3O2. The Balaban J connectivity index is 0.00000210. The minimum Gasteiger partial charge on any atom is -0.336 e. The number of anilines is 1. The first-order valence-electron chi connectivity index (χ1n) is 9.14. The third-order valence-electron chi connectivity index (χ3n) is 5.36. The number of likely N-dealkylation sites (tertiary alicyclic amines) is 1. The van der Waals surface area contributed by atoms with Crippen molar-refractivity contribution in [2.24, 2.45) is 5.73 Å². The second-order valence-electron chi connectivity index (χ2n) is 7.09. The quantitative estimate of drug-likeness (QED) is 0.883. The van der Waals surface area contributed by atoms with Crippen LogP contribution in [0.4, 0.5) is 5.69 Å². The Kier molecular flexibility index (Phi) is 5.82. The lowest BCUT2D eigenvalue weighted by atomic mass is 9.95. The van der Waals surface area contributed by atoms with Gasteiger partial charge in [0.1, 0.15) is 0 Å². The zero-order valence-electron chi connectivity index (χ0n) is 15.1. The molecule has 2 amide bonds. The Morgan fingerprint density at radius 3 is 2.52 bits per heavy atom. The van der Waals surface area contributed by atoms with Crippen molar-refractivity contribution >= 4 is 29.9 Å². The molecule has 6 heteroatoms. The van der Waals surface area contributed by atoms with E-state index >= 15 is 0 Å². The number of hydrogen-bond acceptors (Lipinski definition) is 3. The largest absolute Gasteiger partial charge is 0.336 e. The number of nitrogens with two attached hydrogens (primary N) is 1. The minimum absolute atomic E-state index is 0. The summed E-state index contributed by atoms with van der Waals surface area (Å²) in [5.41, 5.74) is 8.91. The van der Waals surface area contributed by atoms with Gasteiger partial charge < -0.3 is 15.5 Å². The summed E-state index contributed by atoms with van der Waals surface area (Å²) in [5, 5.41) is 0. The molecule has 0 radical (unpaired) electrons. The van der Waals surface area contributed by atoms with Crippen LogP contribution in [-0.4, -0.2) is 42.4 Å². The second-order valence-corrected chi connectivity index (χ2v) is 7.09. The van der Waals surface area contributed by atoms with Crippen LogP contribution in [0.1, 0.15) is 34.7 Å². The maximum absolute atomic E-state index is 13.0. The molecule has 4 rings (SSSR count). The van der Waals surface area contributed by atoms with Gasteiger partial charge in [0.15, 0.2) is 0 Å². The SMILES string of the molecule is Cl.N[C@@H]1CN(C(=O)c2cccc(N3CCCC3=O)c2)C[C@H]1c1ccccc1. The van der Waals surface area contributed by atoms with Gasteiger partial charge in [-0.3, -0.25) is 9.59 Å². The van der Waals surface area contributed by atoms with Gasteiger partial charge in [-0.2, -0.15) is 0 Å². The van der Waals surface area contributed by atoms with E-state index < -0.39 is 0 Å². The number of carbonyl (C=O) groups is 2. The van der Waals surface area contributed by atoms with Crippen molar-refractivity contribution in [3.8, 4) is 0 Å². The van der Waals surface area contributed by atoms with E-state index in [9.17, 15) is 9.59 Å². The zero-order valence-corrected chi connectivity index (χ0v) is 15.9. The third kappa shape index (κ3) is 3.84. The molecule has 2 aromatic rings. The molecule has 0 spiro atoms. The fourth-order valence-electron chi connectivity index (χ4n) is 3.96. The zero-order chi connectivity index (χ0) is 18.1. The lowest BCUT2D eigenvalue weighted by Gasteiger charge is -2.19. The number of carbonyl (C=O) groups excluding carboxylic acids is 2. The summed E-state index contributed by atoms with van der Waals surface area (Å²) in [6.07, 6.45) is 1.45. The Morgan fingerprint density at radius 1 is 1.04 bits per heavy atom.